The molecule has 188 valence electrons. The smallest absolute Gasteiger partial charge is 0.241 e. The summed E-state index contributed by atoms with van der Waals surface area (Å²) < 4.78 is 2.10. The van der Waals surface area contributed by atoms with E-state index in [9.17, 15) is 5.11 Å². The van der Waals surface area contributed by atoms with E-state index in [2.05, 4.69) is 75.8 Å². The van der Waals surface area contributed by atoms with Gasteiger partial charge in [-0.25, -0.2) is 9.50 Å². The van der Waals surface area contributed by atoms with E-state index < -0.39 is 0 Å². The summed E-state index contributed by atoms with van der Waals surface area (Å²) in [6.07, 6.45) is 6.53. The molecule has 1 aliphatic heterocycles. The van der Waals surface area contributed by atoms with E-state index in [1.54, 1.807) is 0 Å². The van der Waals surface area contributed by atoms with E-state index in [0.717, 1.165) is 70.3 Å². The van der Waals surface area contributed by atoms with Crippen LogP contribution in [0.5, 0.6) is 0 Å². The van der Waals surface area contributed by atoms with Crippen molar-refractivity contribution in [1.29, 1.82) is 0 Å². The lowest BCUT2D eigenvalue weighted by atomic mass is 9.85. The Morgan fingerprint density at radius 3 is 2.46 bits per heavy atom. The molecule has 1 saturated heterocycles. The molecule has 2 aromatic heterocycles. The molecule has 0 bridgehead atoms. The van der Waals surface area contributed by atoms with Crippen LogP contribution in [0.25, 0.3) is 16.6 Å². The molecule has 3 heterocycles. The van der Waals surface area contributed by atoms with Gasteiger partial charge in [0.1, 0.15) is 0 Å². The largest absolute Gasteiger partial charge is 0.393 e. The molecule has 0 spiro atoms. The van der Waals surface area contributed by atoms with Crippen molar-refractivity contribution in [3.05, 3.63) is 47.8 Å². The lowest BCUT2D eigenvalue weighted by Crippen LogP contribution is -2.43. The zero-order chi connectivity index (χ0) is 24.4. The van der Waals surface area contributed by atoms with Crippen LogP contribution in [0, 0.1) is 0 Å². The second-order valence-corrected chi connectivity index (χ2v) is 10.6. The number of piperazine rings is 1. The number of hydrogen-bond acceptors (Lipinski definition) is 6. The summed E-state index contributed by atoms with van der Waals surface area (Å²) in [5.74, 6) is 1.08. The van der Waals surface area contributed by atoms with Crippen molar-refractivity contribution in [3.63, 3.8) is 0 Å². The van der Waals surface area contributed by atoms with Gasteiger partial charge in [-0.2, -0.15) is 0 Å². The number of aliphatic hydroxyl groups excluding tert-OH is 1. The van der Waals surface area contributed by atoms with Gasteiger partial charge >= 0.3 is 0 Å². The maximum atomic E-state index is 10.0. The summed E-state index contributed by atoms with van der Waals surface area (Å²) >= 11 is 0. The lowest BCUT2D eigenvalue weighted by molar-refractivity contribution is 0.121. The van der Waals surface area contributed by atoms with Crippen molar-refractivity contribution in [1.82, 2.24) is 24.4 Å². The molecule has 0 amide bonds. The van der Waals surface area contributed by atoms with Gasteiger partial charge in [0.25, 0.3) is 0 Å². The van der Waals surface area contributed by atoms with E-state index >= 15 is 0 Å². The first-order valence-electron chi connectivity index (χ1n) is 13.3. The zero-order valence-electron chi connectivity index (χ0n) is 21.5. The molecule has 3 aromatic rings. The lowest BCUT2D eigenvalue weighted by Gasteiger charge is -2.32. The Hall–Kier alpha value is -2.48. The monoisotopic (exact) mass is 476 g/mol. The molecular weight excluding hydrogens is 436 g/mol. The van der Waals surface area contributed by atoms with Crippen molar-refractivity contribution in [2.24, 2.45) is 0 Å². The standard InChI is InChI=1S/C28H40N6O/c1-4-20(2)30-28-29-18-27-25(17-26(34(27)31-28)23-9-11-24(35)12-10-23)22-7-5-21(6-8-22)19-33-15-13-32(3)14-16-33/h5-8,17-18,20,23-24,35H,4,9-16,19H2,1-3H3,(H,30,31)/t20-,23?,24?/m0/s1. The number of benzene rings is 1. The van der Waals surface area contributed by atoms with Gasteiger partial charge < -0.3 is 15.3 Å². The fourth-order valence-electron chi connectivity index (χ4n) is 5.35. The number of aromatic nitrogens is 3. The predicted octanol–water partition coefficient (Wildman–Crippen LogP) is 4.37. The minimum atomic E-state index is -0.165. The van der Waals surface area contributed by atoms with Crippen LogP contribution < -0.4 is 5.32 Å². The SMILES string of the molecule is CC[C@H](C)Nc1ncc2c(-c3ccc(CN4CCN(C)CC4)cc3)cc(C3CCC(O)CC3)n2n1. The number of aliphatic hydroxyl groups is 1. The minimum absolute atomic E-state index is 0.165. The highest BCUT2D eigenvalue weighted by Crippen LogP contribution is 2.37. The number of rotatable bonds is 7. The second-order valence-electron chi connectivity index (χ2n) is 10.6. The summed E-state index contributed by atoms with van der Waals surface area (Å²) in [5, 5.41) is 18.4. The van der Waals surface area contributed by atoms with Gasteiger partial charge in [0, 0.05) is 55.9 Å². The Labute approximate surface area is 209 Å². The summed E-state index contributed by atoms with van der Waals surface area (Å²) in [6, 6.07) is 11.7. The Morgan fingerprint density at radius 1 is 1.06 bits per heavy atom. The van der Waals surface area contributed by atoms with E-state index in [1.807, 2.05) is 6.20 Å². The number of hydrogen-bond donors (Lipinski definition) is 2. The second kappa shape index (κ2) is 10.6. The highest BCUT2D eigenvalue weighted by molar-refractivity contribution is 5.81. The molecule has 7 nitrogen and oxygen atoms in total. The third kappa shape index (κ3) is 5.52. The number of fused-ring (bicyclic) bond motifs is 1. The average molecular weight is 477 g/mol. The topological polar surface area (TPSA) is 68.9 Å². The molecule has 0 radical (unpaired) electrons. The molecule has 7 heteroatoms. The molecule has 5 rings (SSSR count). The fraction of sp³-hybridized carbons (Fsp3) is 0.571. The molecule has 0 unspecified atom stereocenters. The van der Waals surface area contributed by atoms with Gasteiger partial charge in [0.2, 0.25) is 5.95 Å². The number of likely N-dealkylation sites (N-methyl/N-ethyl adjacent to an activating group) is 1. The van der Waals surface area contributed by atoms with Gasteiger partial charge in [-0.05, 0) is 63.3 Å². The third-order valence-electron chi connectivity index (χ3n) is 7.91. The summed E-state index contributed by atoms with van der Waals surface area (Å²) in [7, 11) is 2.20. The van der Waals surface area contributed by atoms with Crippen LogP contribution in [-0.2, 0) is 6.54 Å². The van der Waals surface area contributed by atoms with Crippen LogP contribution >= 0.6 is 0 Å². The van der Waals surface area contributed by atoms with Crippen LogP contribution in [-0.4, -0.2) is 74.9 Å². The maximum absolute atomic E-state index is 10.0. The number of nitrogens with one attached hydrogen (secondary N) is 1. The normalized spacial score (nSPS) is 23.0. The van der Waals surface area contributed by atoms with Crippen molar-refractivity contribution in [2.45, 2.75) is 70.6 Å². The first kappa shape index (κ1) is 24.2. The summed E-state index contributed by atoms with van der Waals surface area (Å²) in [6.45, 7) is 9.87. The zero-order valence-corrected chi connectivity index (χ0v) is 21.5. The highest BCUT2D eigenvalue weighted by Gasteiger charge is 2.25. The van der Waals surface area contributed by atoms with E-state index in [4.69, 9.17) is 5.10 Å². The van der Waals surface area contributed by atoms with Gasteiger partial charge in [-0.3, -0.25) is 4.90 Å². The molecule has 35 heavy (non-hydrogen) atoms. The van der Waals surface area contributed by atoms with Gasteiger partial charge in [-0.15, -0.1) is 5.10 Å². The van der Waals surface area contributed by atoms with Crippen LogP contribution in [0.15, 0.2) is 36.5 Å². The minimum Gasteiger partial charge on any atom is -0.393 e. The molecule has 1 aromatic carbocycles. The third-order valence-corrected chi connectivity index (χ3v) is 7.91. The van der Waals surface area contributed by atoms with Crippen molar-refractivity contribution in [3.8, 4) is 11.1 Å². The first-order valence-corrected chi connectivity index (χ1v) is 13.3. The molecule has 1 saturated carbocycles. The Morgan fingerprint density at radius 2 is 1.77 bits per heavy atom. The Balaban J connectivity index is 1.43. The average Bonchev–Trinajstić information content (AvgIpc) is 3.25. The molecule has 2 N–H and O–H groups in total. The van der Waals surface area contributed by atoms with Gasteiger partial charge in [0.05, 0.1) is 17.8 Å². The first-order chi connectivity index (χ1) is 17.0. The molecular formula is C28H40N6O. The molecule has 1 atom stereocenters. The van der Waals surface area contributed by atoms with E-state index in [1.165, 1.54) is 22.4 Å². The quantitative estimate of drug-likeness (QED) is 0.528. The molecule has 2 fully saturated rings. The van der Waals surface area contributed by atoms with Gasteiger partial charge in [0.15, 0.2) is 0 Å². The van der Waals surface area contributed by atoms with Crippen LogP contribution in [0.1, 0.15) is 63.1 Å². The maximum Gasteiger partial charge on any atom is 0.241 e. The van der Waals surface area contributed by atoms with Crippen LogP contribution in [0.2, 0.25) is 0 Å². The predicted molar refractivity (Wildman–Crippen MR) is 142 cm³/mol. The van der Waals surface area contributed by atoms with E-state index in [0.29, 0.717) is 17.9 Å². The van der Waals surface area contributed by atoms with E-state index in [-0.39, 0.29) is 6.10 Å². The number of nitrogens with zero attached hydrogens (tertiary/aromatic N) is 5. The summed E-state index contributed by atoms with van der Waals surface area (Å²) in [4.78, 5) is 9.60. The van der Waals surface area contributed by atoms with Gasteiger partial charge in [-0.1, -0.05) is 31.2 Å². The Kier molecular flexibility index (Phi) is 7.37. The molecule has 2 aliphatic rings. The fourth-order valence-corrected chi connectivity index (χ4v) is 5.35. The number of anilines is 1. The van der Waals surface area contributed by atoms with Crippen LogP contribution in [0.4, 0.5) is 5.95 Å². The van der Waals surface area contributed by atoms with Crippen molar-refractivity contribution < 1.29 is 5.11 Å². The van der Waals surface area contributed by atoms with Crippen molar-refractivity contribution >= 4 is 11.5 Å². The Bertz CT molecular complexity index is 1110. The van der Waals surface area contributed by atoms with Crippen LogP contribution in [0.3, 0.4) is 0 Å². The molecule has 1 aliphatic carbocycles. The van der Waals surface area contributed by atoms with Crippen molar-refractivity contribution in [2.75, 3.05) is 38.5 Å². The summed E-state index contributed by atoms with van der Waals surface area (Å²) in [5.41, 5.74) is 6.04. The highest BCUT2D eigenvalue weighted by atomic mass is 16.3.